The number of hydrogen-bond acceptors (Lipinski definition) is 1. The summed E-state index contributed by atoms with van der Waals surface area (Å²) in [6.07, 6.45) is 0. The molecule has 0 amide bonds. The Morgan fingerprint density at radius 2 is 0.940 bits per heavy atom. The van der Waals surface area contributed by atoms with Crippen LogP contribution in [0.3, 0.4) is 0 Å². The second-order valence-electron chi connectivity index (χ2n) is 13.8. The van der Waals surface area contributed by atoms with Crippen molar-refractivity contribution < 1.29 is 0 Å². The van der Waals surface area contributed by atoms with Gasteiger partial charge >= 0.3 is 0 Å². The van der Waals surface area contributed by atoms with Gasteiger partial charge in [-0.25, -0.2) is 0 Å². The Labute approximate surface area is 294 Å². The van der Waals surface area contributed by atoms with E-state index in [1.807, 2.05) is 0 Å². The predicted molar refractivity (Wildman–Crippen MR) is 213 cm³/mol. The molecule has 0 N–H and O–H groups in total. The lowest BCUT2D eigenvalue weighted by Gasteiger charge is -2.33. The third-order valence-electron chi connectivity index (χ3n) is 10.4. The van der Waals surface area contributed by atoms with Crippen LogP contribution in [0.25, 0.3) is 55.3 Å². The van der Waals surface area contributed by atoms with E-state index in [0.717, 1.165) is 11.4 Å². The van der Waals surface area contributed by atoms with Crippen molar-refractivity contribution >= 4 is 27.8 Å². The highest BCUT2D eigenvalue weighted by molar-refractivity contribution is 6.00. The van der Waals surface area contributed by atoms with Gasteiger partial charge in [0.25, 0.3) is 0 Å². The first kappa shape index (κ1) is 29.9. The van der Waals surface area contributed by atoms with Gasteiger partial charge in [0.05, 0.1) is 11.4 Å². The predicted octanol–water partition coefficient (Wildman–Crippen LogP) is 13.6. The molecule has 1 aliphatic rings. The van der Waals surface area contributed by atoms with Crippen molar-refractivity contribution in [3.8, 4) is 44.5 Å². The monoisotopic (exact) mass is 639 g/mol. The highest BCUT2D eigenvalue weighted by Gasteiger charge is 2.39. The number of hydrogen-bond donors (Lipinski definition) is 0. The zero-order chi connectivity index (χ0) is 33.7. The van der Waals surface area contributed by atoms with Crippen LogP contribution in [0.5, 0.6) is 0 Å². The first-order valence-electron chi connectivity index (χ1n) is 17.4. The molecule has 0 saturated heterocycles. The minimum atomic E-state index is -0.234. The SMILES string of the molecule is CC1(C)c2cc3cc(-c4ccccc4)ccc3cc2-c2cccc(N(c3ccccc3)c3ccccc3-c3ccccc3-c3ccccc3)c21. The van der Waals surface area contributed by atoms with Crippen LogP contribution in [0.15, 0.2) is 188 Å². The highest BCUT2D eigenvalue weighted by Crippen LogP contribution is 2.56. The summed E-state index contributed by atoms with van der Waals surface area (Å²) < 4.78 is 0. The minimum absolute atomic E-state index is 0.234. The first-order valence-corrected chi connectivity index (χ1v) is 17.4. The molecule has 0 bridgehead atoms. The van der Waals surface area contributed by atoms with E-state index in [1.165, 1.54) is 72.1 Å². The molecular weight excluding hydrogens is 603 g/mol. The van der Waals surface area contributed by atoms with Gasteiger partial charge in [-0.05, 0) is 103 Å². The number of anilines is 3. The third-order valence-corrected chi connectivity index (χ3v) is 10.4. The summed E-state index contributed by atoms with van der Waals surface area (Å²) in [4.78, 5) is 2.48. The Balaban J connectivity index is 1.25. The summed E-state index contributed by atoms with van der Waals surface area (Å²) >= 11 is 0. The Morgan fingerprint density at radius 1 is 0.360 bits per heavy atom. The average Bonchev–Trinajstić information content (AvgIpc) is 3.40. The quantitative estimate of drug-likeness (QED) is 0.175. The van der Waals surface area contributed by atoms with Crippen LogP contribution in [0.4, 0.5) is 17.1 Å². The van der Waals surface area contributed by atoms with E-state index in [2.05, 4.69) is 207 Å². The van der Waals surface area contributed by atoms with Crippen molar-refractivity contribution in [1.29, 1.82) is 0 Å². The molecule has 0 spiro atoms. The molecule has 0 saturated carbocycles. The van der Waals surface area contributed by atoms with Gasteiger partial charge < -0.3 is 4.90 Å². The minimum Gasteiger partial charge on any atom is -0.310 e. The molecule has 0 radical (unpaired) electrons. The standard InChI is InChI=1S/C49H37N/c1-49(2)45-33-38-31-36(34-17-6-3-7-18-34)29-30-37(38)32-44(45)43-26-16-28-47(48(43)49)50(39-21-10-5-11-22-39)46-27-15-14-25-42(46)41-24-13-12-23-40(41)35-19-8-4-9-20-35/h3-33H,1-2H3. The first-order chi connectivity index (χ1) is 24.6. The van der Waals surface area contributed by atoms with Crippen LogP contribution in [-0.2, 0) is 5.41 Å². The maximum atomic E-state index is 2.48. The second-order valence-corrected chi connectivity index (χ2v) is 13.8. The molecule has 1 nitrogen and oxygen atoms in total. The van der Waals surface area contributed by atoms with E-state index in [9.17, 15) is 0 Å². The normalized spacial score (nSPS) is 12.8. The summed E-state index contributed by atoms with van der Waals surface area (Å²) in [5.41, 5.74) is 15.9. The van der Waals surface area contributed by atoms with Crippen LogP contribution in [0.1, 0.15) is 25.0 Å². The lowest BCUT2D eigenvalue weighted by molar-refractivity contribution is 0.661. The maximum Gasteiger partial charge on any atom is 0.0540 e. The second kappa shape index (κ2) is 12.1. The molecule has 8 aromatic rings. The number of rotatable bonds is 6. The Kier molecular flexibility index (Phi) is 7.21. The van der Waals surface area contributed by atoms with Gasteiger partial charge in [-0.15, -0.1) is 0 Å². The number of nitrogens with zero attached hydrogens (tertiary/aromatic N) is 1. The Morgan fingerprint density at radius 3 is 1.68 bits per heavy atom. The molecule has 0 aliphatic heterocycles. The van der Waals surface area contributed by atoms with Gasteiger partial charge in [-0.1, -0.05) is 159 Å². The van der Waals surface area contributed by atoms with E-state index in [1.54, 1.807) is 0 Å². The van der Waals surface area contributed by atoms with Crippen LogP contribution >= 0.6 is 0 Å². The fourth-order valence-electron chi connectivity index (χ4n) is 8.06. The molecule has 0 aromatic heterocycles. The number of para-hydroxylation sites is 2. The lowest BCUT2D eigenvalue weighted by Crippen LogP contribution is -2.21. The molecule has 1 heteroatoms. The molecule has 50 heavy (non-hydrogen) atoms. The molecular formula is C49H37N. The van der Waals surface area contributed by atoms with Crippen molar-refractivity contribution in [2.75, 3.05) is 4.90 Å². The largest absolute Gasteiger partial charge is 0.310 e. The molecule has 9 rings (SSSR count). The smallest absolute Gasteiger partial charge is 0.0540 e. The van der Waals surface area contributed by atoms with Crippen molar-refractivity contribution in [2.24, 2.45) is 0 Å². The molecule has 0 fully saturated rings. The summed E-state index contributed by atoms with van der Waals surface area (Å²) in [6, 6.07) is 68.5. The maximum absolute atomic E-state index is 2.48. The fraction of sp³-hybridized carbons (Fsp3) is 0.0612. The van der Waals surface area contributed by atoms with E-state index in [-0.39, 0.29) is 5.41 Å². The van der Waals surface area contributed by atoms with Crippen LogP contribution in [0, 0.1) is 0 Å². The average molecular weight is 640 g/mol. The van der Waals surface area contributed by atoms with Crippen LogP contribution in [-0.4, -0.2) is 0 Å². The van der Waals surface area contributed by atoms with Crippen molar-refractivity contribution in [2.45, 2.75) is 19.3 Å². The van der Waals surface area contributed by atoms with Crippen molar-refractivity contribution in [1.82, 2.24) is 0 Å². The van der Waals surface area contributed by atoms with Gasteiger partial charge in [0.1, 0.15) is 0 Å². The molecule has 1 aliphatic carbocycles. The van der Waals surface area contributed by atoms with Gasteiger partial charge in [-0.2, -0.15) is 0 Å². The van der Waals surface area contributed by atoms with Gasteiger partial charge in [0, 0.05) is 16.7 Å². The van der Waals surface area contributed by atoms with Gasteiger partial charge in [0.2, 0.25) is 0 Å². The van der Waals surface area contributed by atoms with Crippen molar-refractivity contribution in [3.05, 3.63) is 199 Å². The van der Waals surface area contributed by atoms with Crippen LogP contribution in [0.2, 0.25) is 0 Å². The van der Waals surface area contributed by atoms with Crippen LogP contribution < -0.4 is 4.90 Å². The fourth-order valence-corrected chi connectivity index (χ4v) is 8.06. The third kappa shape index (κ3) is 4.94. The topological polar surface area (TPSA) is 3.24 Å². The highest BCUT2D eigenvalue weighted by atomic mass is 15.1. The molecule has 0 atom stereocenters. The molecule has 0 heterocycles. The number of benzene rings is 8. The van der Waals surface area contributed by atoms with E-state index in [0.29, 0.717) is 0 Å². The van der Waals surface area contributed by atoms with E-state index >= 15 is 0 Å². The summed E-state index contributed by atoms with van der Waals surface area (Å²) in [7, 11) is 0. The van der Waals surface area contributed by atoms with E-state index in [4.69, 9.17) is 0 Å². The molecule has 8 aromatic carbocycles. The summed E-state index contributed by atoms with van der Waals surface area (Å²) in [5, 5.41) is 2.54. The van der Waals surface area contributed by atoms with Gasteiger partial charge in [0.15, 0.2) is 0 Å². The summed E-state index contributed by atoms with van der Waals surface area (Å²) in [5.74, 6) is 0. The van der Waals surface area contributed by atoms with Crippen molar-refractivity contribution in [3.63, 3.8) is 0 Å². The van der Waals surface area contributed by atoms with E-state index < -0.39 is 0 Å². The Bertz CT molecular complexity index is 2490. The molecule has 0 unspecified atom stereocenters. The van der Waals surface area contributed by atoms with Gasteiger partial charge in [-0.3, -0.25) is 0 Å². The Hall–Kier alpha value is -6.18. The number of fused-ring (bicyclic) bond motifs is 4. The summed E-state index contributed by atoms with van der Waals surface area (Å²) in [6.45, 7) is 4.79. The zero-order valence-corrected chi connectivity index (χ0v) is 28.3. The lowest BCUT2D eigenvalue weighted by atomic mass is 9.80. The molecule has 238 valence electrons. The zero-order valence-electron chi connectivity index (χ0n) is 28.3.